The lowest BCUT2D eigenvalue weighted by Crippen LogP contribution is -2.44. The van der Waals surface area contributed by atoms with Crippen LogP contribution in [0.1, 0.15) is 53.8 Å². The van der Waals surface area contributed by atoms with Crippen molar-refractivity contribution < 1.29 is 14.7 Å². The van der Waals surface area contributed by atoms with E-state index in [-0.39, 0.29) is 12.5 Å². The van der Waals surface area contributed by atoms with Crippen LogP contribution in [-0.2, 0) is 11.8 Å². The minimum atomic E-state index is -0.808. The molecule has 0 atom stereocenters. The molecule has 6 heteroatoms. The van der Waals surface area contributed by atoms with Gasteiger partial charge in [0.25, 0.3) is 5.91 Å². The number of hydrogen-bond acceptors (Lipinski definition) is 3. The molecule has 2 rings (SSSR count). The minimum Gasteiger partial charge on any atom is -0.481 e. The van der Waals surface area contributed by atoms with Gasteiger partial charge < -0.3 is 10.4 Å². The molecule has 0 unspecified atom stereocenters. The van der Waals surface area contributed by atoms with Crippen molar-refractivity contribution >= 4 is 11.9 Å². The standard InChI is InChI=1S/C15H23N3O3/c1-10-12(11(2)18(3)17-10)13(19)16-9-15(14(20)21)7-5-4-6-8-15/h4-9H2,1-3H3,(H,16,19)(H,20,21). The summed E-state index contributed by atoms with van der Waals surface area (Å²) in [4.78, 5) is 23.9. The molecule has 1 aromatic rings. The van der Waals surface area contributed by atoms with E-state index in [9.17, 15) is 14.7 Å². The summed E-state index contributed by atoms with van der Waals surface area (Å²) in [5, 5.41) is 16.5. The maximum absolute atomic E-state index is 12.3. The van der Waals surface area contributed by atoms with Crippen LogP contribution in [0, 0.1) is 19.3 Å². The van der Waals surface area contributed by atoms with Crippen LogP contribution in [0.25, 0.3) is 0 Å². The van der Waals surface area contributed by atoms with E-state index in [1.165, 1.54) is 0 Å². The number of carbonyl (C=O) groups is 2. The number of aromatic nitrogens is 2. The molecule has 0 aliphatic heterocycles. The molecule has 1 amide bonds. The normalized spacial score (nSPS) is 17.5. The first-order valence-electron chi connectivity index (χ1n) is 7.39. The Balaban J connectivity index is 2.10. The lowest BCUT2D eigenvalue weighted by atomic mass is 9.74. The number of aliphatic carboxylic acids is 1. The summed E-state index contributed by atoms with van der Waals surface area (Å²) in [5.41, 5.74) is 1.20. The Morgan fingerprint density at radius 2 is 1.90 bits per heavy atom. The number of aryl methyl sites for hydroxylation is 2. The van der Waals surface area contributed by atoms with Crippen LogP contribution in [0.2, 0.25) is 0 Å². The summed E-state index contributed by atoms with van der Waals surface area (Å²) in [5.74, 6) is -1.04. The number of nitrogens with zero attached hydrogens (tertiary/aromatic N) is 2. The number of rotatable bonds is 4. The Labute approximate surface area is 124 Å². The van der Waals surface area contributed by atoms with Gasteiger partial charge in [-0.05, 0) is 26.7 Å². The van der Waals surface area contributed by atoms with E-state index >= 15 is 0 Å². The van der Waals surface area contributed by atoms with Crippen molar-refractivity contribution in [1.29, 1.82) is 0 Å². The summed E-state index contributed by atoms with van der Waals surface area (Å²) < 4.78 is 1.66. The molecule has 1 fully saturated rings. The third kappa shape index (κ3) is 2.94. The fraction of sp³-hybridized carbons (Fsp3) is 0.667. The van der Waals surface area contributed by atoms with Crippen LogP contribution < -0.4 is 5.32 Å². The molecular weight excluding hydrogens is 270 g/mol. The molecule has 1 saturated carbocycles. The Bertz CT molecular complexity index is 557. The number of hydrogen-bond donors (Lipinski definition) is 2. The molecule has 0 bridgehead atoms. The molecule has 0 saturated heterocycles. The average Bonchev–Trinajstić information content (AvgIpc) is 2.70. The molecule has 1 heterocycles. The predicted octanol–water partition coefficient (Wildman–Crippen LogP) is 1.80. The lowest BCUT2D eigenvalue weighted by Gasteiger charge is -2.33. The van der Waals surface area contributed by atoms with Gasteiger partial charge >= 0.3 is 5.97 Å². The number of amides is 1. The van der Waals surface area contributed by atoms with E-state index in [0.29, 0.717) is 24.1 Å². The molecule has 1 aliphatic carbocycles. The second kappa shape index (κ2) is 5.87. The Morgan fingerprint density at radius 3 is 2.38 bits per heavy atom. The summed E-state index contributed by atoms with van der Waals surface area (Å²) in [7, 11) is 1.79. The quantitative estimate of drug-likeness (QED) is 0.886. The van der Waals surface area contributed by atoms with Crippen molar-refractivity contribution in [3.8, 4) is 0 Å². The summed E-state index contributed by atoms with van der Waals surface area (Å²) >= 11 is 0. The fourth-order valence-electron chi connectivity index (χ4n) is 3.13. The maximum atomic E-state index is 12.3. The highest BCUT2D eigenvalue weighted by molar-refractivity contribution is 5.96. The second-order valence-corrected chi connectivity index (χ2v) is 6.00. The smallest absolute Gasteiger partial charge is 0.311 e. The number of carboxylic acid groups (broad SMARTS) is 1. The van der Waals surface area contributed by atoms with Crippen LogP contribution in [0.3, 0.4) is 0 Å². The van der Waals surface area contributed by atoms with Crippen LogP contribution in [0.4, 0.5) is 0 Å². The largest absolute Gasteiger partial charge is 0.481 e. The van der Waals surface area contributed by atoms with Gasteiger partial charge in [0, 0.05) is 19.3 Å². The highest BCUT2D eigenvalue weighted by Crippen LogP contribution is 2.36. The molecule has 1 aromatic heterocycles. The van der Waals surface area contributed by atoms with Crippen molar-refractivity contribution in [1.82, 2.24) is 15.1 Å². The van der Waals surface area contributed by atoms with Crippen molar-refractivity contribution in [2.75, 3.05) is 6.54 Å². The van der Waals surface area contributed by atoms with E-state index < -0.39 is 11.4 Å². The van der Waals surface area contributed by atoms with E-state index in [2.05, 4.69) is 10.4 Å². The fourth-order valence-corrected chi connectivity index (χ4v) is 3.13. The number of carbonyl (C=O) groups excluding carboxylic acids is 1. The van der Waals surface area contributed by atoms with Gasteiger partial charge in [-0.1, -0.05) is 19.3 Å². The monoisotopic (exact) mass is 293 g/mol. The Morgan fingerprint density at radius 1 is 1.29 bits per heavy atom. The Hall–Kier alpha value is -1.85. The third-order valence-corrected chi connectivity index (χ3v) is 4.59. The molecule has 116 valence electrons. The zero-order chi connectivity index (χ0) is 15.6. The Kier molecular flexibility index (Phi) is 4.34. The van der Waals surface area contributed by atoms with Crippen LogP contribution >= 0.6 is 0 Å². The molecule has 0 radical (unpaired) electrons. The van der Waals surface area contributed by atoms with Crippen molar-refractivity contribution in [2.45, 2.75) is 46.0 Å². The highest BCUT2D eigenvalue weighted by Gasteiger charge is 2.40. The average molecular weight is 293 g/mol. The van der Waals surface area contributed by atoms with Crippen molar-refractivity contribution in [3.05, 3.63) is 17.0 Å². The molecular formula is C15H23N3O3. The first kappa shape index (κ1) is 15.5. The molecule has 2 N–H and O–H groups in total. The van der Waals surface area contributed by atoms with Crippen LogP contribution in [-0.4, -0.2) is 33.3 Å². The van der Waals surface area contributed by atoms with Gasteiger partial charge in [0.15, 0.2) is 0 Å². The van der Waals surface area contributed by atoms with E-state index in [0.717, 1.165) is 25.0 Å². The zero-order valence-corrected chi connectivity index (χ0v) is 12.9. The highest BCUT2D eigenvalue weighted by atomic mass is 16.4. The number of carboxylic acids is 1. The van der Waals surface area contributed by atoms with Crippen molar-refractivity contribution in [2.24, 2.45) is 12.5 Å². The van der Waals surface area contributed by atoms with Gasteiger partial charge in [-0.15, -0.1) is 0 Å². The second-order valence-electron chi connectivity index (χ2n) is 6.00. The first-order chi connectivity index (χ1) is 9.87. The van der Waals surface area contributed by atoms with Crippen molar-refractivity contribution in [3.63, 3.8) is 0 Å². The minimum absolute atomic E-state index is 0.189. The molecule has 1 aliphatic rings. The zero-order valence-electron chi connectivity index (χ0n) is 12.9. The van der Waals surface area contributed by atoms with Crippen LogP contribution in [0.5, 0.6) is 0 Å². The summed E-state index contributed by atoms with van der Waals surface area (Å²) in [6.07, 6.45) is 4.16. The summed E-state index contributed by atoms with van der Waals surface area (Å²) in [6.45, 7) is 3.81. The third-order valence-electron chi connectivity index (χ3n) is 4.59. The van der Waals surface area contributed by atoms with Crippen LogP contribution in [0.15, 0.2) is 0 Å². The van der Waals surface area contributed by atoms with E-state index in [1.54, 1.807) is 18.7 Å². The van der Waals surface area contributed by atoms with E-state index in [1.807, 2.05) is 6.92 Å². The van der Waals surface area contributed by atoms with E-state index in [4.69, 9.17) is 0 Å². The molecule has 6 nitrogen and oxygen atoms in total. The number of nitrogens with one attached hydrogen (secondary N) is 1. The van der Waals surface area contributed by atoms with Gasteiger partial charge in [0.2, 0.25) is 0 Å². The van der Waals surface area contributed by atoms with Gasteiger partial charge in [-0.3, -0.25) is 14.3 Å². The molecule has 0 aromatic carbocycles. The van der Waals surface area contributed by atoms with Gasteiger partial charge in [-0.25, -0.2) is 0 Å². The van der Waals surface area contributed by atoms with Gasteiger partial charge in [0.1, 0.15) is 0 Å². The first-order valence-corrected chi connectivity index (χ1v) is 7.39. The SMILES string of the molecule is Cc1nn(C)c(C)c1C(=O)NCC1(C(=O)O)CCCCC1. The maximum Gasteiger partial charge on any atom is 0.311 e. The molecule has 21 heavy (non-hydrogen) atoms. The predicted molar refractivity (Wildman–Crippen MR) is 78.2 cm³/mol. The molecule has 0 spiro atoms. The van der Waals surface area contributed by atoms with Gasteiger partial charge in [0.05, 0.1) is 16.7 Å². The topological polar surface area (TPSA) is 84.2 Å². The lowest BCUT2D eigenvalue weighted by molar-refractivity contribution is -0.150. The van der Waals surface area contributed by atoms with Gasteiger partial charge in [-0.2, -0.15) is 5.10 Å². The summed E-state index contributed by atoms with van der Waals surface area (Å²) in [6, 6.07) is 0.